The summed E-state index contributed by atoms with van der Waals surface area (Å²) in [6.45, 7) is 4.72. The largest absolute Gasteiger partial charge is 0.484 e. The van der Waals surface area contributed by atoms with E-state index in [4.69, 9.17) is 9.47 Å². The van der Waals surface area contributed by atoms with Crippen molar-refractivity contribution >= 4 is 34.5 Å². The van der Waals surface area contributed by atoms with Crippen LogP contribution in [-0.4, -0.2) is 47.5 Å². The summed E-state index contributed by atoms with van der Waals surface area (Å²) in [5, 5.41) is 3.79. The van der Waals surface area contributed by atoms with Gasteiger partial charge in [-0.15, -0.1) is 0 Å². The van der Waals surface area contributed by atoms with E-state index >= 15 is 0 Å². The second-order valence-electron chi connectivity index (χ2n) is 7.68. The molecule has 2 aliphatic rings. The highest BCUT2D eigenvalue weighted by atomic mass is 32.2. The Balaban J connectivity index is 1.50. The molecule has 1 atom stereocenters. The predicted molar refractivity (Wildman–Crippen MR) is 130 cm³/mol. The number of esters is 1. The number of hydrogen-bond donors (Lipinski definition) is 1. The molecule has 2 aliphatic heterocycles. The molecule has 33 heavy (non-hydrogen) atoms. The van der Waals surface area contributed by atoms with Gasteiger partial charge >= 0.3 is 5.97 Å². The Morgan fingerprint density at radius 2 is 1.91 bits per heavy atom. The number of fused-ring (bicyclic) bond motifs is 1. The van der Waals surface area contributed by atoms with Gasteiger partial charge in [-0.3, -0.25) is 4.79 Å². The number of para-hydroxylation sites is 1. The highest BCUT2D eigenvalue weighted by Crippen LogP contribution is 2.40. The third-order valence-electron chi connectivity index (χ3n) is 5.38. The summed E-state index contributed by atoms with van der Waals surface area (Å²) in [4.78, 5) is 32.0. The molecule has 0 aliphatic carbocycles. The quantitative estimate of drug-likeness (QED) is 0.611. The second-order valence-corrected chi connectivity index (χ2v) is 8.75. The van der Waals surface area contributed by atoms with E-state index in [1.54, 1.807) is 30.8 Å². The highest BCUT2D eigenvalue weighted by Gasteiger charge is 2.37. The Kier molecular flexibility index (Phi) is 7.34. The first-order valence-electron chi connectivity index (χ1n) is 11.0. The third-order valence-corrected chi connectivity index (χ3v) is 6.45. The number of nitrogens with zero attached hydrogens (tertiary/aromatic N) is 2. The van der Waals surface area contributed by atoms with Crippen molar-refractivity contribution in [1.82, 2.24) is 4.90 Å². The van der Waals surface area contributed by atoms with Crippen LogP contribution in [0.2, 0.25) is 0 Å². The Morgan fingerprint density at radius 1 is 1.15 bits per heavy atom. The first kappa shape index (κ1) is 22.9. The fraction of sp³-hybridized carbons (Fsp3) is 0.320. The molecule has 0 bridgehead atoms. The zero-order valence-corrected chi connectivity index (χ0v) is 19.6. The van der Waals surface area contributed by atoms with E-state index in [2.05, 4.69) is 15.2 Å². The Bertz CT molecular complexity index is 1070. The molecule has 2 aromatic rings. The number of aliphatic imine (C=N–C) groups is 1. The molecule has 4 rings (SSSR count). The number of nitrogens with one attached hydrogen (secondary N) is 1. The normalized spacial score (nSPS) is 17.7. The summed E-state index contributed by atoms with van der Waals surface area (Å²) in [6.07, 6.45) is 1.02. The number of hydrogen-bond acceptors (Lipinski definition) is 7. The number of carbonyl (C=O) groups excluding carboxylic acids is 2. The number of benzene rings is 2. The minimum Gasteiger partial charge on any atom is -0.484 e. The van der Waals surface area contributed by atoms with Gasteiger partial charge in [0.05, 0.1) is 23.9 Å². The van der Waals surface area contributed by atoms with Crippen LogP contribution >= 0.6 is 11.8 Å². The number of carbonyl (C=O) groups is 2. The zero-order chi connectivity index (χ0) is 23.2. The molecule has 2 heterocycles. The van der Waals surface area contributed by atoms with Gasteiger partial charge in [-0.05, 0) is 50.1 Å². The summed E-state index contributed by atoms with van der Waals surface area (Å²) in [5.74, 6) is 1.08. The first-order valence-corrected chi connectivity index (χ1v) is 12.0. The van der Waals surface area contributed by atoms with Crippen LogP contribution in [0.4, 0.5) is 5.69 Å². The lowest BCUT2D eigenvalue weighted by molar-refractivity contribution is -0.139. The van der Waals surface area contributed by atoms with Crippen LogP contribution in [0.1, 0.15) is 31.9 Å². The molecule has 2 aromatic carbocycles. The summed E-state index contributed by atoms with van der Waals surface area (Å²) >= 11 is 1.71. The van der Waals surface area contributed by atoms with Gasteiger partial charge in [-0.25, -0.2) is 9.79 Å². The molecule has 0 radical (unpaired) electrons. The molecule has 1 saturated heterocycles. The number of anilines is 1. The van der Waals surface area contributed by atoms with Gasteiger partial charge in [-0.2, -0.15) is 0 Å². The van der Waals surface area contributed by atoms with Crippen molar-refractivity contribution in [3.8, 4) is 5.75 Å². The fourth-order valence-corrected chi connectivity index (χ4v) is 4.92. The molecule has 1 N–H and O–H groups in total. The van der Waals surface area contributed by atoms with Crippen molar-refractivity contribution in [2.24, 2.45) is 4.99 Å². The SMILES string of the molecule is CCOC(=O)C1=C(C)N=C2SCCCN2C1c1ccc(NC(=O)COc2ccccc2)cc1. The molecule has 1 amide bonds. The Morgan fingerprint density at radius 3 is 2.64 bits per heavy atom. The van der Waals surface area contributed by atoms with E-state index in [0.29, 0.717) is 29.3 Å². The maximum absolute atomic E-state index is 12.8. The summed E-state index contributed by atoms with van der Waals surface area (Å²) in [6, 6.07) is 16.5. The fourth-order valence-electron chi connectivity index (χ4n) is 3.90. The van der Waals surface area contributed by atoms with E-state index < -0.39 is 0 Å². The lowest BCUT2D eigenvalue weighted by Crippen LogP contribution is -2.42. The monoisotopic (exact) mass is 465 g/mol. The lowest BCUT2D eigenvalue weighted by atomic mass is 9.94. The van der Waals surface area contributed by atoms with Crippen molar-refractivity contribution in [1.29, 1.82) is 0 Å². The number of amides is 1. The number of allylic oxidation sites excluding steroid dienone is 1. The maximum Gasteiger partial charge on any atom is 0.338 e. The molecule has 7 nitrogen and oxygen atoms in total. The van der Waals surface area contributed by atoms with E-state index in [-0.39, 0.29) is 24.5 Å². The van der Waals surface area contributed by atoms with Gasteiger partial charge in [0.15, 0.2) is 11.8 Å². The van der Waals surface area contributed by atoms with E-state index in [9.17, 15) is 9.59 Å². The summed E-state index contributed by atoms with van der Waals surface area (Å²) < 4.78 is 10.9. The van der Waals surface area contributed by atoms with E-state index in [1.165, 1.54) is 0 Å². The topological polar surface area (TPSA) is 80.2 Å². The van der Waals surface area contributed by atoms with Crippen LogP contribution in [-0.2, 0) is 14.3 Å². The molecule has 0 saturated carbocycles. The van der Waals surface area contributed by atoms with Gasteiger partial charge in [0.25, 0.3) is 5.91 Å². The minimum absolute atomic E-state index is 0.0752. The zero-order valence-electron chi connectivity index (χ0n) is 18.7. The van der Waals surface area contributed by atoms with Crippen LogP contribution in [0.15, 0.2) is 70.9 Å². The average molecular weight is 466 g/mol. The Labute approximate surface area is 197 Å². The third kappa shape index (κ3) is 5.39. The molecular weight excluding hydrogens is 438 g/mol. The predicted octanol–water partition coefficient (Wildman–Crippen LogP) is 4.39. The number of thioether (sulfide) groups is 1. The van der Waals surface area contributed by atoms with Crippen molar-refractivity contribution in [3.63, 3.8) is 0 Å². The lowest BCUT2D eigenvalue weighted by Gasteiger charge is -2.40. The molecule has 1 fully saturated rings. The highest BCUT2D eigenvalue weighted by molar-refractivity contribution is 8.13. The molecular formula is C25H27N3O4S. The molecule has 0 spiro atoms. The van der Waals surface area contributed by atoms with Crippen molar-refractivity contribution < 1.29 is 19.1 Å². The van der Waals surface area contributed by atoms with Crippen LogP contribution < -0.4 is 10.1 Å². The standard InChI is InChI=1S/C25H27N3O4S/c1-3-31-24(30)22-17(2)26-25-28(14-7-15-33-25)23(22)18-10-12-19(13-11-18)27-21(29)16-32-20-8-5-4-6-9-20/h4-6,8-13,23H,3,7,14-16H2,1-2H3,(H,27,29). The van der Waals surface area contributed by atoms with Gasteiger partial charge in [0.1, 0.15) is 5.75 Å². The van der Waals surface area contributed by atoms with E-state index in [1.807, 2.05) is 49.4 Å². The van der Waals surface area contributed by atoms with Crippen molar-refractivity contribution in [2.45, 2.75) is 26.3 Å². The Hall–Kier alpha value is -3.26. The first-order chi connectivity index (χ1) is 16.1. The maximum atomic E-state index is 12.8. The van der Waals surface area contributed by atoms with Crippen LogP contribution in [0.25, 0.3) is 0 Å². The van der Waals surface area contributed by atoms with Crippen molar-refractivity contribution in [3.05, 3.63) is 71.4 Å². The molecule has 0 aromatic heterocycles. The van der Waals surface area contributed by atoms with Gasteiger partial charge < -0.3 is 19.7 Å². The van der Waals surface area contributed by atoms with Crippen molar-refractivity contribution in [2.75, 3.05) is 30.8 Å². The van der Waals surface area contributed by atoms with Crippen LogP contribution in [0.3, 0.4) is 0 Å². The average Bonchev–Trinajstić information content (AvgIpc) is 2.83. The number of ether oxygens (including phenoxy) is 2. The van der Waals surface area contributed by atoms with Gasteiger partial charge in [0.2, 0.25) is 0 Å². The van der Waals surface area contributed by atoms with Crippen LogP contribution in [0.5, 0.6) is 5.75 Å². The summed E-state index contributed by atoms with van der Waals surface area (Å²) in [7, 11) is 0. The van der Waals surface area contributed by atoms with Gasteiger partial charge in [0, 0.05) is 18.0 Å². The molecule has 1 unspecified atom stereocenters. The molecule has 172 valence electrons. The molecule has 8 heteroatoms. The van der Waals surface area contributed by atoms with E-state index in [0.717, 1.165) is 29.4 Å². The van der Waals surface area contributed by atoms with Gasteiger partial charge in [-0.1, -0.05) is 42.1 Å². The summed E-state index contributed by atoms with van der Waals surface area (Å²) in [5.41, 5.74) is 2.87. The minimum atomic E-state index is -0.339. The smallest absolute Gasteiger partial charge is 0.338 e. The van der Waals surface area contributed by atoms with Crippen LogP contribution in [0, 0.1) is 0 Å². The number of amidine groups is 1. The second kappa shape index (κ2) is 10.6. The number of rotatable bonds is 7.